The number of H-pyrrole nitrogens is 1. The zero-order valence-corrected chi connectivity index (χ0v) is 14.9. The van der Waals surface area contributed by atoms with Crippen molar-refractivity contribution in [2.45, 2.75) is 18.1 Å². The Morgan fingerprint density at radius 3 is 2.35 bits per heavy atom. The molecule has 0 fully saturated rings. The summed E-state index contributed by atoms with van der Waals surface area (Å²) in [6.45, 7) is 0.803. The zero-order valence-electron chi connectivity index (χ0n) is 14.1. The van der Waals surface area contributed by atoms with E-state index in [0.717, 1.165) is 46.4 Å². The van der Waals surface area contributed by atoms with Crippen LogP contribution in [0.25, 0.3) is 22.5 Å². The molecule has 7 heteroatoms. The number of hydrogen-bond donors (Lipinski definition) is 1. The molecule has 0 amide bonds. The summed E-state index contributed by atoms with van der Waals surface area (Å²) < 4.78 is 1.74. The summed E-state index contributed by atoms with van der Waals surface area (Å²) in [7, 11) is 0. The van der Waals surface area contributed by atoms with E-state index in [9.17, 15) is 0 Å². The number of benzene rings is 2. The molecule has 6 nitrogen and oxygen atoms in total. The van der Waals surface area contributed by atoms with E-state index in [0.29, 0.717) is 0 Å². The van der Waals surface area contributed by atoms with Crippen LogP contribution in [0, 0.1) is 0 Å². The van der Waals surface area contributed by atoms with Crippen molar-refractivity contribution in [2.75, 3.05) is 5.75 Å². The van der Waals surface area contributed by atoms with Gasteiger partial charge < -0.3 is 4.98 Å². The second kappa shape index (κ2) is 7.97. The van der Waals surface area contributed by atoms with Gasteiger partial charge in [-0.1, -0.05) is 72.4 Å². The summed E-state index contributed by atoms with van der Waals surface area (Å²) in [6, 6.07) is 20.6. The molecule has 0 aliphatic carbocycles. The molecule has 130 valence electrons. The van der Waals surface area contributed by atoms with Crippen molar-refractivity contribution in [2.24, 2.45) is 0 Å². The van der Waals surface area contributed by atoms with Gasteiger partial charge in [0.1, 0.15) is 6.33 Å². The summed E-state index contributed by atoms with van der Waals surface area (Å²) >= 11 is 1.72. The van der Waals surface area contributed by atoms with Crippen LogP contribution in [0.1, 0.15) is 6.42 Å². The second-order valence-electron chi connectivity index (χ2n) is 5.77. The molecule has 0 unspecified atom stereocenters. The maximum absolute atomic E-state index is 4.85. The Balaban J connectivity index is 1.53. The number of nitrogens with zero attached hydrogens (tertiary/aromatic N) is 5. The molecule has 0 saturated heterocycles. The Hall–Kier alpha value is -2.93. The predicted octanol–water partition coefficient (Wildman–Crippen LogP) is 3.91. The number of aryl methyl sites for hydroxylation is 1. The van der Waals surface area contributed by atoms with Crippen LogP contribution in [-0.4, -0.2) is 35.9 Å². The van der Waals surface area contributed by atoms with Crippen molar-refractivity contribution in [3.05, 3.63) is 67.0 Å². The summed E-state index contributed by atoms with van der Waals surface area (Å²) in [4.78, 5) is 8.35. The van der Waals surface area contributed by atoms with Gasteiger partial charge in [0.2, 0.25) is 0 Å². The van der Waals surface area contributed by atoms with E-state index in [1.165, 1.54) is 0 Å². The van der Waals surface area contributed by atoms with Gasteiger partial charge in [-0.15, -0.1) is 5.10 Å². The van der Waals surface area contributed by atoms with Gasteiger partial charge in [-0.25, -0.2) is 9.67 Å². The Morgan fingerprint density at radius 1 is 0.923 bits per heavy atom. The molecule has 0 bridgehead atoms. The molecule has 4 aromatic rings. The van der Waals surface area contributed by atoms with Gasteiger partial charge in [-0.3, -0.25) is 0 Å². The van der Waals surface area contributed by atoms with Crippen LogP contribution < -0.4 is 0 Å². The fourth-order valence-corrected chi connectivity index (χ4v) is 3.51. The Bertz CT molecular complexity index is 878. The quantitative estimate of drug-likeness (QED) is 0.399. The van der Waals surface area contributed by atoms with Gasteiger partial charge in [0.25, 0.3) is 0 Å². The van der Waals surface area contributed by atoms with Gasteiger partial charge in [-0.05, 0) is 16.8 Å². The molecule has 26 heavy (non-hydrogen) atoms. The first-order valence-corrected chi connectivity index (χ1v) is 9.43. The minimum absolute atomic E-state index is 0.803. The van der Waals surface area contributed by atoms with Crippen LogP contribution in [0.3, 0.4) is 0 Å². The molecule has 2 aromatic heterocycles. The largest absolute Gasteiger partial charge is 0.332 e. The molecule has 4 rings (SSSR count). The Labute approximate surface area is 155 Å². The molecule has 1 N–H and O–H groups in total. The van der Waals surface area contributed by atoms with Gasteiger partial charge in [0, 0.05) is 23.4 Å². The summed E-state index contributed by atoms with van der Waals surface area (Å²) in [5, 5.41) is 12.1. The predicted molar refractivity (Wildman–Crippen MR) is 103 cm³/mol. The highest BCUT2D eigenvalue weighted by molar-refractivity contribution is 7.99. The third-order valence-electron chi connectivity index (χ3n) is 3.95. The van der Waals surface area contributed by atoms with Gasteiger partial charge in [0.05, 0.1) is 11.4 Å². The highest BCUT2D eigenvalue weighted by Gasteiger charge is 2.14. The van der Waals surface area contributed by atoms with Crippen molar-refractivity contribution >= 4 is 11.8 Å². The third kappa shape index (κ3) is 3.83. The van der Waals surface area contributed by atoms with Gasteiger partial charge in [0.15, 0.2) is 5.16 Å². The standard InChI is InChI=1S/C19H18N6S/c1-3-8-15(9-4-1)17-18(16-10-5-2-6-11-16)22-19(21-17)26-13-7-12-25-14-20-23-24-25/h1-6,8-11,14H,7,12-13H2,(H,21,22). The van der Waals surface area contributed by atoms with E-state index in [4.69, 9.17) is 4.98 Å². The first kappa shape index (κ1) is 16.5. The van der Waals surface area contributed by atoms with E-state index in [2.05, 4.69) is 44.8 Å². The highest BCUT2D eigenvalue weighted by atomic mass is 32.2. The van der Waals surface area contributed by atoms with Crippen molar-refractivity contribution in [3.63, 3.8) is 0 Å². The molecular weight excluding hydrogens is 344 g/mol. The molecule has 0 radical (unpaired) electrons. The number of rotatable bonds is 7. The SMILES string of the molecule is c1ccc(-c2nc(SCCCn3cnnn3)[nH]c2-c2ccccc2)cc1. The molecule has 0 saturated carbocycles. The lowest BCUT2D eigenvalue weighted by Crippen LogP contribution is -1.99. The average Bonchev–Trinajstić information content (AvgIpc) is 3.37. The van der Waals surface area contributed by atoms with E-state index < -0.39 is 0 Å². The maximum Gasteiger partial charge on any atom is 0.166 e. The van der Waals surface area contributed by atoms with E-state index in [-0.39, 0.29) is 0 Å². The highest BCUT2D eigenvalue weighted by Crippen LogP contribution is 2.32. The number of hydrogen-bond acceptors (Lipinski definition) is 5. The molecule has 0 aliphatic rings. The van der Waals surface area contributed by atoms with Gasteiger partial charge in [-0.2, -0.15) is 0 Å². The van der Waals surface area contributed by atoms with Crippen molar-refractivity contribution in [3.8, 4) is 22.5 Å². The van der Waals surface area contributed by atoms with Crippen LogP contribution in [0.2, 0.25) is 0 Å². The Kier molecular flexibility index (Phi) is 5.07. The minimum Gasteiger partial charge on any atom is -0.332 e. The summed E-state index contributed by atoms with van der Waals surface area (Å²) in [5.74, 6) is 0.940. The monoisotopic (exact) mass is 362 g/mol. The molecule has 0 spiro atoms. The number of nitrogens with one attached hydrogen (secondary N) is 1. The molecule has 0 aliphatic heterocycles. The molecular formula is C19H18N6S. The van der Waals surface area contributed by atoms with Crippen molar-refractivity contribution < 1.29 is 0 Å². The zero-order chi connectivity index (χ0) is 17.6. The average molecular weight is 362 g/mol. The van der Waals surface area contributed by atoms with E-state index in [1.807, 2.05) is 36.4 Å². The normalized spacial score (nSPS) is 10.9. The van der Waals surface area contributed by atoms with E-state index >= 15 is 0 Å². The topological polar surface area (TPSA) is 72.3 Å². The fraction of sp³-hybridized carbons (Fsp3) is 0.158. The first-order chi connectivity index (χ1) is 12.9. The lowest BCUT2D eigenvalue weighted by Gasteiger charge is -2.02. The number of aromatic amines is 1. The minimum atomic E-state index is 0.803. The van der Waals surface area contributed by atoms with Crippen LogP contribution in [0.15, 0.2) is 72.1 Å². The second-order valence-corrected chi connectivity index (χ2v) is 6.86. The smallest absolute Gasteiger partial charge is 0.166 e. The lowest BCUT2D eigenvalue weighted by molar-refractivity contribution is 0.581. The first-order valence-electron chi connectivity index (χ1n) is 8.44. The number of thioether (sulfide) groups is 1. The molecule has 2 heterocycles. The fourth-order valence-electron chi connectivity index (χ4n) is 2.72. The van der Waals surface area contributed by atoms with Crippen LogP contribution in [0.4, 0.5) is 0 Å². The summed E-state index contributed by atoms with van der Waals surface area (Å²) in [6.07, 6.45) is 2.61. The van der Waals surface area contributed by atoms with Crippen LogP contribution in [-0.2, 0) is 6.54 Å². The van der Waals surface area contributed by atoms with Crippen molar-refractivity contribution in [1.82, 2.24) is 30.2 Å². The van der Waals surface area contributed by atoms with Crippen LogP contribution >= 0.6 is 11.8 Å². The number of aromatic nitrogens is 6. The maximum atomic E-state index is 4.85. The number of imidazole rings is 1. The third-order valence-corrected chi connectivity index (χ3v) is 4.91. The van der Waals surface area contributed by atoms with Crippen LogP contribution in [0.5, 0.6) is 0 Å². The summed E-state index contributed by atoms with van der Waals surface area (Å²) in [5.41, 5.74) is 4.29. The number of tetrazole rings is 1. The van der Waals surface area contributed by atoms with E-state index in [1.54, 1.807) is 22.8 Å². The molecule has 0 atom stereocenters. The Morgan fingerprint density at radius 2 is 1.65 bits per heavy atom. The van der Waals surface area contributed by atoms with Gasteiger partial charge >= 0.3 is 0 Å². The van der Waals surface area contributed by atoms with Crippen molar-refractivity contribution in [1.29, 1.82) is 0 Å². The lowest BCUT2D eigenvalue weighted by atomic mass is 10.1. The molecule has 2 aromatic carbocycles.